The van der Waals surface area contributed by atoms with Gasteiger partial charge in [0.25, 0.3) is 0 Å². The summed E-state index contributed by atoms with van der Waals surface area (Å²) in [5.41, 5.74) is 1.83. The number of amides is 2. The van der Waals surface area contributed by atoms with Crippen molar-refractivity contribution in [2.75, 3.05) is 23.3 Å². The van der Waals surface area contributed by atoms with Crippen LogP contribution in [-0.2, 0) is 9.59 Å². The van der Waals surface area contributed by atoms with E-state index in [9.17, 15) is 9.59 Å². The Morgan fingerprint density at radius 3 is 2.18 bits per heavy atom. The molecule has 1 saturated heterocycles. The number of rotatable bonds is 3. The first kappa shape index (κ1) is 14.9. The maximum absolute atomic E-state index is 11.9. The number of hydrogen-bond acceptors (Lipinski definition) is 3. The Morgan fingerprint density at radius 2 is 1.55 bits per heavy atom. The zero-order valence-corrected chi connectivity index (χ0v) is 12.8. The van der Waals surface area contributed by atoms with Gasteiger partial charge in [-0.25, -0.2) is 0 Å². The average molecular weight is 301 g/mol. The van der Waals surface area contributed by atoms with Crippen molar-refractivity contribution in [1.82, 2.24) is 5.32 Å². The monoisotopic (exact) mass is 301 g/mol. The Hall–Kier alpha value is -2.04. The van der Waals surface area contributed by atoms with Gasteiger partial charge in [0.15, 0.2) is 0 Å². The average Bonchev–Trinajstić information content (AvgIpc) is 3.21. The molecule has 0 unspecified atom stereocenters. The third-order valence-electron chi connectivity index (χ3n) is 4.49. The molecule has 2 amide bonds. The van der Waals surface area contributed by atoms with Gasteiger partial charge < -0.3 is 15.5 Å². The molecule has 1 saturated carbocycles. The smallest absolute Gasteiger partial charge is 0.313 e. The lowest BCUT2D eigenvalue weighted by molar-refractivity contribution is -0.136. The van der Waals surface area contributed by atoms with Gasteiger partial charge in [-0.15, -0.1) is 0 Å². The Kier molecular flexibility index (Phi) is 4.61. The zero-order valence-electron chi connectivity index (χ0n) is 12.8. The molecule has 1 heterocycles. The van der Waals surface area contributed by atoms with E-state index in [1.807, 2.05) is 24.3 Å². The van der Waals surface area contributed by atoms with Gasteiger partial charge in [-0.1, -0.05) is 12.8 Å². The van der Waals surface area contributed by atoms with Crippen LogP contribution in [0.1, 0.15) is 38.5 Å². The third kappa shape index (κ3) is 3.59. The molecule has 1 aromatic rings. The number of nitrogens with one attached hydrogen (secondary N) is 2. The van der Waals surface area contributed by atoms with Crippen LogP contribution >= 0.6 is 0 Å². The van der Waals surface area contributed by atoms with Gasteiger partial charge in [0.2, 0.25) is 0 Å². The Labute approximate surface area is 131 Å². The number of nitrogens with zero attached hydrogens (tertiary/aromatic N) is 1. The molecule has 2 N–H and O–H groups in total. The second-order valence-electron chi connectivity index (χ2n) is 6.15. The lowest BCUT2D eigenvalue weighted by Gasteiger charge is -2.18. The summed E-state index contributed by atoms with van der Waals surface area (Å²) in [6.07, 6.45) is 6.68. The van der Waals surface area contributed by atoms with Crippen LogP contribution in [0.5, 0.6) is 0 Å². The topological polar surface area (TPSA) is 61.4 Å². The zero-order chi connectivity index (χ0) is 15.4. The first-order chi connectivity index (χ1) is 10.7. The van der Waals surface area contributed by atoms with Gasteiger partial charge in [0.1, 0.15) is 0 Å². The Bertz CT molecular complexity index is 529. The summed E-state index contributed by atoms with van der Waals surface area (Å²) >= 11 is 0. The van der Waals surface area contributed by atoms with Crippen molar-refractivity contribution in [1.29, 1.82) is 0 Å². The molecule has 5 nitrogen and oxygen atoms in total. The number of hydrogen-bond donors (Lipinski definition) is 2. The second-order valence-corrected chi connectivity index (χ2v) is 6.15. The van der Waals surface area contributed by atoms with Gasteiger partial charge in [-0.2, -0.15) is 0 Å². The highest BCUT2D eigenvalue weighted by Gasteiger charge is 2.21. The molecule has 1 aromatic carbocycles. The van der Waals surface area contributed by atoms with Gasteiger partial charge in [-0.3, -0.25) is 9.59 Å². The molecule has 0 radical (unpaired) electrons. The highest BCUT2D eigenvalue weighted by Crippen LogP contribution is 2.22. The van der Waals surface area contributed by atoms with E-state index >= 15 is 0 Å². The first-order valence-electron chi connectivity index (χ1n) is 8.19. The van der Waals surface area contributed by atoms with Crippen molar-refractivity contribution in [3.05, 3.63) is 24.3 Å². The van der Waals surface area contributed by atoms with Crippen LogP contribution in [0.3, 0.4) is 0 Å². The fourth-order valence-corrected chi connectivity index (χ4v) is 3.24. The maximum Gasteiger partial charge on any atom is 0.313 e. The van der Waals surface area contributed by atoms with Crippen molar-refractivity contribution in [3.8, 4) is 0 Å². The van der Waals surface area contributed by atoms with E-state index in [0.717, 1.165) is 38.8 Å². The third-order valence-corrected chi connectivity index (χ3v) is 4.49. The van der Waals surface area contributed by atoms with Crippen LogP contribution in [0.2, 0.25) is 0 Å². The minimum absolute atomic E-state index is 0.163. The summed E-state index contributed by atoms with van der Waals surface area (Å²) in [4.78, 5) is 26.1. The molecule has 118 valence electrons. The summed E-state index contributed by atoms with van der Waals surface area (Å²) in [5, 5.41) is 5.46. The van der Waals surface area contributed by atoms with Gasteiger partial charge in [-0.05, 0) is 49.9 Å². The molecule has 0 spiro atoms. The van der Waals surface area contributed by atoms with Crippen molar-refractivity contribution in [2.45, 2.75) is 44.6 Å². The van der Waals surface area contributed by atoms with Crippen LogP contribution in [-0.4, -0.2) is 30.9 Å². The lowest BCUT2D eigenvalue weighted by atomic mass is 10.2. The van der Waals surface area contributed by atoms with Crippen LogP contribution in [0.25, 0.3) is 0 Å². The van der Waals surface area contributed by atoms with E-state index in [4.69, 9.17) is 0 Å². The molecule has 22 heavy (non-hydrogen) atoms. The molecule has 1 aliphatic carbocycles. The van der Waals surface area contributed by atoms with E-state index in [0.29, 0.717) is 5.69 Å². The molecular weight excluding hydrogens is 278 g/mol. The number of anilines is 2. The van der Waals surface area contributed by atoms with E-state index in [1.54, 1.807) is 0 Å². The van der Waals surface area contributed by atoms with Crippen LogP contribution in [0.4, 0.5) is 11.4 Å². The Morgan fingerprint density at radius 1 is 0.909 bits per heavy atom. The largest absolute Gasteiger partial charge is 0.372 e. The molecule has 2 aliphatic rings. The fraction of sp³-hybridized carbons (Fsp3) is 0.529. The standard InChI is InChI=1S/C17H23N3O2/c21-16(18-13-5-1-2-6-13)17(22)19-14-7-9-15(10-8-14)20-11-3-4-12-20/h7-10,13H,1-6,11-12H2,(H,18,21)(H,19,22). The minimum Gasteiger partial charge on any atom is -0.372 e. The molecule has 0 atom stereocenters. The van der Waals surface area contributed by atoms with Crippen LogP contribution in [0, 0.1) is 0 Å². The SMILES string of the molecule is O=C(Nc1ccc(N2CCCC2)cc1)C(=O)NC1CCCC1. The number of benzene rings is 1. The van der Waals surface area contributed by atoms with E-state index in [2.05, 4.69) is 15.5 Å². The normalized spacial score (nSPS) is 18.5. The van der Waals surface area contributed by atoms with E-state index < -0.39 is 11.8 Å². The summed E-state index contributed by atoms with van der Waals surface area (Å²) in [6.45, 7) is 2.19. The molecule has 0 bridgehead atoms. The summed E-state index contributed by atoms with van der Waals surface area (Å²) in [6, 6.07) is 7.87. The van der Waals surface area contributed by atoms with Crippen LogP contribution in [0.15, 0.2) is 24.3 Å². The lowest BCUT2D eigenvalue weighted by Crippen LogP contribution is -2.40. The van der Waals surface area contributed by atoms with E-state index in [1.165, 1.54) is 18.5 Å². The van der Waals surface area contributed by atoms with Gasteiger partial charge in [0.05, 0.1) is 0 Å². The van der Waals surface area contributed by atoms with Crippen molar-refractivity contribution in [2.24, 2.45) is 0 Å². The highest BCUT2D eigenvalue weighted by atomic mass is 16.2. The van der Waals surface area contributed by atoms with Crippen molar-refractivity contribution >= 4 is 23.2 Å². The summed E-state index contributed by atoms with van der Waals surface area (Å²) < 4.78 is 0. The molecule has 2 fully saturated rings. The maximum atomic E-state index is 11.9. The first-order valence-corrected chi connectivity index (χ1v) is 8.19. The minimum atomic E-state index is -0.583. The molecule has 0 aromatic heterocycles. The molecule has 1 aliphatic heterocycles. The van der Waals surface area contributed by atoms with Crippen molar-refractivity contribution in [3.63, 3.8) is 0 Å². The van der Waals surface area contributed by atoms with Gasteiger partial charge >= 0.3 is 11.8 Å². The summed E-state index contributed by atoms with van der Waals surface area (Å²) in [5.74, 6) is -1.11. The van der Waals surface area contributed by atoms with Gasteiger partial charge in [0, 0.05) is 30.5 Å². The predicted molar refractivity (Wildman–Crippen MR) is 86.9 cm³/mol. The fourth-order valence-electron chi connectivity index (χ4n) is 3.24. The molecule has 3 rings (SSSR count). The number of carbonyl (C=O) groups is 2. The molecule has 5 heteroatoms. The van der Waals surface area contributed by atoms with Crippen LogP contribution < -0.4 is 15.5 Å². The molecular formula is C17H23N3O2. The summed E-state index contributed by atoms with van der Waals surface area (Å²) in [7, 11) is 0. The highest BCUT2D eigenvalue weighted by molar-refractivity contribution is 6.39. The Balaban J connectivity index is 1.53. The van der Waals surface area contributed by atoms with Crippen molar-refractivity contribution < 1.29 is 9.59 Å². The number of carbonyl (C=O) groups excluding carboxylic acids is 2. The quantitative estimate of drug-likeness (QED) is 0.842. The predicted octanol–water partition coefficient (Wildman–Crippen LogP) is 2.28. The second kappa shape index (κ2) is 6.81. The van der Waals surface area contributed by atoms with E-state index in [-0.39, 0.29) is 6.04 Å².